The Morgan fingerprint density at radius 1 is 1.35 bits per heavy atom. The molecule has 2 rings (SSSR count). The number of aryl methyl sites for hydroxylation is 1. The van der Waals surface area contributed by atoms with Gasteiger partial charge in [0.2, 0.25) is 0 Å². The van der Waals surface area contributed by atoms with Crippen LogP contribution < -0.4 is 4.74 Å². The van der Waals surface area contributed by atoms with E-state index in [2.05, 4.69) is 11.8 Å². The van der Waals surface area contributed by atoms with Crippen LogP contribution in [-0.2, 0) is 6.61 Å². The van der Waals surface area contributed by atoms with E-state index < -0.39 is 0 Å². The van der Waals surface area contributed by atoms with Crippen molar-refractivity contribution in [2.75, 3.05) is 6.61 Å². The van der Waals surface area contributed by atoms with E-state index in [-0.39, 0.29) is 6.61 Å². The molecule has 0 atom stereocenters. The molecule has 0 fully saturated rings. The standard InChI is InChI=1S/C16H15ClO2S/c1-12-8-14(5-6-16(12)17)19-10-15-9-13(11-20-15)4-2-3-7-18/h5-6,8-9,11,18H,3,7,10H2,1H3. The quantitative estimate of drug-likeness (QED) is 0.864. The minimum Gasteiger partial charge on any atom is -0.488 e. The van der Waals surface area contributed by atoms with Crippen LogP contribution in [0, 0.1) is 18.8 Å². The first-order chi connectivity index (χ1) is 9.69. The highest BCUT2D eigenvalue weighted by atomic mass is 35.5. The van der Waals surface area contributed by atoms with E-state index in [1.54, 1.807) is 11.3 Å². The van der Waals surface area contributed by atoms with Crippen LogP contribution in [0.15, 0.2) is 29.6 Å². The number of halogens is 1. The van der Waals surface area contributed by atoms with E-state index in [1.807, 2.05) is 36.6 Å². The molecule has 0 aliphatic rings. The van der Waals surface area contributed by atoms with Crippen molar-refractivity contribution in [2.24, 2.45) is 0 Å². The molecule has 0 bridgehead atoms. The molecule has 104 valence electrons. The smallest absolute Gasteiger partial charge is 0.122 e. The Morgan fingerprint density at radius 3 is 2.95 bits per heavy atom. The third kappa shape index (κ3) is 4.28. The first-order valence-electron chi connectivity index (χ1n) is 6.25. The van der Waals surface area contributed by atoms with E-state index in [9.17, 15) is 0 Å². The van der Waals surface area contributed by atoms with Gasteiger partial charge < -0.3 is 9.84 Å². The number of thiophene rings is 1. The number of hydrogen-bond acceptors (Lipinski definition) is 3. The van der Waals surface area contributed by atoms with Crippen molar-refractivity contribution in [1.29, 1.82) is 0 Å². The van der Waals surface area contributed by atoms with Gasteiger partial charge in [-0.05, 0) is 36.8 Å². The number of ether oxygens (including phenoxy) is 1. The molecule has 20 heavy (non-hydrogen) atoms. The molecule has 0 radical (unpaired) electrons. The molecule has 0 spiro atoms. The predicted octanol–water partition coefficient (Wildman–Crippen LogP) is 4.02. The molecule has 0 aliphatic heterocycles. The van der Waals surface area contributed by atoms with Crippen LogP contribution in [0.1, 0.15) is 22.4 Å². The molecule has 0 amide bonds. The summed E-state index contributed by atoms with van der Waals surface area (Å²) in [7, 11) is 0. The number of hydrogen-bond donors (Lipinski definition) is 1. The van der Waals surface area contributed by atoms with E-state index in [0.29, 0.717) is 13.0 Å². The zero-order valence-electron chi connectivity index (χ0n) is 11.1. The molecule has 1 aromatic carbocycles. The lowest BCUT2D eigenvalue weighted by Gasteiger charge is -2.06. The fraction of sp³-hybridized carbons (Fsp3) is 0.250. The zero-order chi connectivity index (χ0) is 14.4. The Labute approximate surface area is 128 Å². The molecular weight excluding hydrogens is 292 g/mol. The van der Waals surface area contributed by atoms with Gasteiger partial charge in [-0.1, -0.05) is 23.4 Å². The van der Waals surface area contributed by atoms with E-state index >= 15 is 0 Å². The highest BCUT2D eigenvalue weighted by Crippen LogP contribution is 2.23. The summed E-state index contributed by atoms with van der Waals surface area (Å²) >= 11 is 7.59. The third-order valence-corrected chi connectivity index (χ3v) is 3.97. The molecule has 2 nitrogen and oxygen atoms in total. The topological polar surface area (TPSA) is 29.5 Å². The van der Waals surface area contributed by atoms with E-state index in [4.69, 9.17) is 21.4 Å². The Balaban J connectivity index is 1.94. The van der Waals surface area contributed by atoms with Gasteiger partial charge in [0, 0.05) is 27.3 Å². The first kappa shape index (κ1) is 14.9. The van der Waals surface area contributed by atoms with Gasteiger partial charge in [-0.15, -0.1) is 11.3 Å². The molecule has 1 aromatic heterocycles. The van der Waals surface area contributed by atoms with Gasteiger partial charge in [-0.3, -0.25) is 0 Å². The Bertz CT molecular complexity index is 637. The van der Waals surface area contributed by atoms with Gasteiger partial charge in [0.1, 0.15) is 12.4 Å². The van der Waals surface area contributed by atoms with Gasteiger partial charge in [-0.25, -0.2) is 0 Å². The van der Waals surface area contributed by atoms with Crippen LogP contribution in [0.25, 0.3) is 0 Å². The average Bonchev–Trinajstić information content (AvgIpc) is 2.88. The zero-order valence-corrected chi connectivity index (χ0v) is 12.7. The average molecular weight is 307 g/mol. The van der Waals surface area contributed by atoms with E-state index in [1.165, 1.54) is 0 Å². The van der Waals surface area contributed by atoms with E-state index in [0.717, 1.165) is 26.8 Å². The van der Waals surface area contributed by atoms with Gasteiger partial charge in [0.15, 0.2) is 0 Å². The molecule has 0 saturated heterocycles. The molecular formula is C16H15ClO2S. The first-order valence-corrected chi connectivity index (χ1v) is 7.51. The minimum absolute atomic E-state index is 0.100. The second-order valence-electron chi connectivity index (χ2n) is 4.28. The maximum atomic E-state index is 8.67. The van der Waals surface area contributed by atoms with Crippen molar-refractivity contribution in [2.45, 2.75) is 20.0 Å². The summed E-state index contributed by atoms with van der Waals surface area (Å²) in [6.45, 7) is 2.58. The van der Waals surface area contributed by atoms with Gasteiger partial charge in [0.05, 0.1) is 6.61 Å². The fourth-order valence-electron chi connectivity index (χ4n) is 1.60. The van der Waals surface area contributed by atoms with Crippen LogP contribution in [0.4, 0.5) is 0 Å². The summed E-state index contributed by atoms with van der Waals surface area (Å²) in [4.78, 5) is 1.12. The highest BCUT2D eigenvalue weighted by molar-refractivity contribution is 7.10. The molecule has 0 unspecified atom stereocenters. The second-order valence-corrected chi connectivity index (χ2v) is 5.68. The molecule has 2 aromatic rings. The molecule has 0 saturated carbocycles. The maximum Gasteiger partial charge on any atom is 0.122 e. The monoisotopic (exact) mass is 306 g/mol. The van der Waals surface area contributed by atoms with Crippen LogP contribution >= 0.6 is 22.9 Å². The number of aliphatic hydroxyl groups is 1. The van der Waals surface area contributed by atoms with Crippen molar-refractivity contribution in [3.05, 3.63) is 50.7 Å². The van der Waals surface area contributed by atoms with Crippen molar-refractivity contribution in [3.8, 4) is 17.6 Å². The lowest BCUT2D eigenvalue weighted by molar-refractivity contribution is 0.305. The lowest BCUT2D eigenvalue weighted by atomic mass is 10.2. The number of rotatable bonds is 4. The third-order valence-electron chi connectivity index (χ3n) is 2.63. The van der Waals surface area contributed by atoms with Crippen molar-refractivity contribution < 1.29 is 9.84 Å². The summed E-state index contributed by atoms with van der Waals surface area (Å²) in [6, 6.07) is 7.65. The molecule has 1 N–H and O–H groups in total. The summed E-state index contributed by atoms with van der Waals surface area (Å²) < 4.78 is 5.73. The Morgan fingerprint density at radius 2 is 2.20 bits per heavy atom. The summed E-state index contributed by atoms with van der Waals surface area (Å²) in [5, 5.41) is 11.4. The summed E-state index contributed by atoms with van der Waals surface area (Å²) in [6.07, 6.45) is 0.506. The van der Waals surface area contributed by atoms with Crippen molar-refractivity contribution >= 4 is 22.9 Å². The van der Waals surface area contributed by atoms with Gasteiger partial charge >= 0.3 is 0 Å². The largest absolute Gasteiger partial charge is 0.488 e. The Kier molecular flexibility index (Phi) is 5.49. The minimum atomic E-state index is 0.100. The molecule has 0 aliphatic carbocycles. The SMILES string of the molecule is Cc1cc(OCc2cc(C#CCCO)cs2)ccc1Cl. The summed E-state index contributed by atoms with van der Waals surface area (Å²) in [5.41, 5.74) is 1.97. The summed E-state index contributed by atoms with van der Waals surface area (Å²) in [5.74, 6) is 6.72. The van der Waals surface area contributed by atoms with Crippen LogP contribution in [0.5, 0.6) is 5.75 Å². The fourth-order valence-corrected chi connectivity index (χ4v) is 2.45. The number of aliphatic hydroxyl groups excluding tert-OH is 1. The van der Waals surface area contributed by atoms with Crippen LogP contribution in [0.3, 0.4) is 0 Å². The van der Waals surface area contributed by atoms with Crippen molar-refractivity contribution in [1.82, 2.24) is 0 Å². The highest BCUT2D eigenvalue weighted by Gasteiger charge is 2.01. The second kappa shape index (κ2) is 7.35. The van der Waals surface area contributed by atoms with Crippen molar-refractivity contribution in [3.63, 3.8) is 0 Å². The van der Waals surface area contributed by atoms with Gasteiger partial charge in [-0.2, -0.15) is 0 Å². The molecule has 1 heterocycles. The number of benzene rings is 1. The normalized spacial score (nSPS) is 9.95. The van der Waals surface area contributed by atoms with Crippen LogP contribution in [0.2, 0.25) is 5.02 Å². The Hall–Kier alpha value is -1.47. The molecule has 4 heteroatoms. The van der Waals surface area contributed by atoms with Crippen LogP contribution in [-0.4, -0.2) is 11.7 Å². The lowest BCUT2D eigenvalue weighted by Crippen LogP contribution is -1.93. The van der Waals surface area contributed by atoms with Gasteiger partial charge in [0.25, 0.3) is 0 Å². The predicted molar refractivity (Wildman–Crippen MR) is 83.4 cm³/mol. The maximum absolute atomic E-state index is 8.67.